The van der Waals surface area contributed by atoms with Crippen molar-refractivity contribution in [2.75, 3.05) is 12.8 Å². The molecular formula is C14H17N3O2. The predicted octanol–water partition coefficient (Wildman–Crippen LogP) is 2.26. The monoisotopic (exact) mass is 259 g/mol. The van der Waals surface area contributed by atoms with Gasteiger partial charge in [0, 0.05) is 0 Å². The van der Waals surface area contributed by atoms with E-state index in [1.165, 1.54) is 0 Å². The van der Waals surface area contributed by atoms with Crippen molar-refractivity contribution in [1.29, 1.82) is 0 Å². The average molecular weight is 259 g/mol. The third-order valence-electron chi connectivity index (χ3n) is 2.76. The summed E-state index contributed by atoms with van der Waals surface area (Å²) in [6.45, 7) is 4.04. The maximum Gasteiger partial charge on any atom is 0.222 e. The molecule has 0 fully saturated rings. The summed E-state index contributed by atoms with van der Waals surface area (Å²) in [5.41, 5.74) is 7.55. The molecule has 0 unspecified atom stereocenters. The molecule has 19 heavy (non-hydrogen) atoms. The first-order valence-corrected chi connectivity index (χ1v) is 5.96. The predicted molar refractivity (Wildman–Crippen MR) is 73.2 cm³/mol. The third-order valence-corrected chi connectivity index (χ3v) is 2.76. The normalized spacial score (nSPS) is 10.3. The van der Waals surface area contributed by atoms with Gasteiger partial charge in [0.25, 0.3) is 0 Å². The molecule has 0 saturated heterocycles. The molecule has 0 bridgehead atoms. The standard InChI is InChI=1S/C14H17N3O2/c1-9-13(15)16-10(2)17-14(9)19-8-11-5-4-6-12(7-11)18-3/h4-7H,8H2,1-3H3,(H2,15,16,17). The molecule has 0 spiro atoms. The lowest BCUT2D eigenvalue weighted by Crippen LogP contribution is -2.05. The van der Waals surface area contributed by atoms with Gasteiger partial charge in [-0.25, -0.2) is 4.98 Å². The molecule has 0 atom stereocenters. The minimum absolute atomic E-state index is 0.411. The molecule has 2 N–H and O–H groups in total. The maximum absolute atomic E-state index is 5.78. The van der Waals surface area contributed by atoms with Crippen molar-refractivity contribution in [2.45, 2.75) is 20.5 Å². The van der Waals surface area contributed by atoms with E-state index in [4.69, 9.17) is 15.2 Å². The molecule has 5 heteroatoms. The van der Waals surface area contributed by atoms with Gasteiger partial charge in [-0.2, -0.15) is 4.98 Å². The molecule has 5 nitrogen and oxygen atoms in total. The van der Waals surface area contributed by atoms with Gasteiger partial charge in [-0.15, -0.1) is 0 Å². The molecule has 2 rings (SSSR count). The molecule has 0 amide bonds. The second kappa shape index (κ2) is 5.56. The lowest BCUT2D eigenvalue weighted by atomic mass is 10.2. The van der Waals surface area contributed by atoms with Gasteiger partial charge in [0.2, 0.25) is 5.88 Å². The van der Waals surface area contributed by atoms with Crippen molar-refractivity contribution in [1.82, 2.24) is 9.97 Å². The summed E-state index contributed by atoms with van der Waals surface area (Å²) in [6.07, 6.45) is 0. The van der Waals surface area contributed by atoms with Crippen LogP contribution in [0.5, 0.6) is 11.6 Å². The Balaban J connectivity index is 2.14. The van der Waals surface area contributed by atoms with Gasteiger partial charge in [0.05, 0.1) is 12.7 Å². The molecular weight excluding hydrogens is 242 g/mol. The molecule has 0 aliphatic rings. The van der Waals surface area contributed by atoms with Crippen LogP contribution < -0.4 is 15.2 Å². The Labute approximate surface area is 112 Å². The van der Waals surface area contributed by atoms with E-state index in [1.54, 1.807) is 14.0 Å². The van der Waals surface area contributed by atoms with E-state index >= 15 is 0 Å². The fourth-order valence-electron chi connectivity index (χ4n) is 1.68. The largest absolute Gasteiger partial charge is 0.497 e. The summed E-state index contributed by atoms with van der Waals surface area (Å²) in [5, 5.41) is 0. The molecule has 2 aromatic rings. The molecule has 0 radical (unpaired) electrons. The molecule has 0 aliphatic heterocycles. The van der Waals surface area contributed by atoms with Gasteiger partial charge in [0.1, 0.15) is 24.0 Å². The molecule has 0 aliphatic carbocycles. The van der Waals surface area contributed by atoms with E-state index in [-0.39, 0.29) is 0 Å². The molecule has 1 aromatic heterocycles. The van der Waals surface area contributed by atoms with Crippen LogP contribution in [0.25, 0.3) is 0 Å². The number of benzene rings is 1. The molecule has 100 valence electrons. The zero-order valence-corrected chi connectivity index (χ0v) is 11.3. The molecule has 1 aromatic carbocycles. The number of methoxy groups -OCH3 is 1. The van der Waals surface area contributed by atoms with Gasteiger partial charge in [-0.3, -0.25) is 0 Å². The van der Waals surface area contributed by atoms with Crippen molar-refractivity contribution >= 4 is 5.82 Å². The summed E-state index contributed by atoms with van der Waals surface area (Å²) in [5.74, 6) is 2.38. The number of rotatable bonds is 4. The van der Waals surface area contributed by atoms with Gasteiger partial charge < -0.3 is 15.2 Å². The minimum Gasteiger partial charge on any atom is -0.497 e. The second-order valence-electron chi connectivity index (χ2n) is 4.23. The number of nitrogens with two attached hydrogens (primary N) is 1. The van der Waals surface area contributed by atoms with E-state index in [0.29, 0.717) is 24.1 Å². The van der Waals surface area contributed by atoms with Crippen LogP contribution in [0.15, 0.2) is 24.3 Å². The smallest absolute Gasteiger partial charge is 0.222 e. The summed E-state index contributed by atoms with van der Waals surface area (Å²) in [7, 11) is 1.64. The Hall–Kier alpha value is -2.30. The first-order chi connectivity index (χ1) is 9.10. The first-order valence-electron chi connectivity index (χ1n) is 5.96. The van der Waals surface area contributed by atoms with Crippen molar-refractivity contribution < 1.29 is 9.47 Å². The van der Waals surface area contributed by atoms with E-state index in [1.807, 2.05) is 31.2 Å². The fraction of sp³-hybridized carbons (Fsp3) is 0.286. The van der Waals surface area contributed by atoms with Gasteiger partial charge in [0.15, 0.2) is 0 Å². The van der Waals surface area contributed by atoms with E-state index in [9.17, 15) is 0 Å². The van der Waals surface area contributed by atoms with Crippen LogP contribution >= 0.6 is 0 Å². The highest BCUT2D eigenvalue weighted by Gasteiger charge is 2.08. The topological polar surface area (TPSA) is 70.3 Å². The molecule has 1 heterocycles. The Morgan fingerprint density at radius 3 is 2.74 bits per heavy atom. The number of anilines is 1. The van der Waals surface area contributed by atoms with Crippen LogP contribution in [0.4, 0.5) is 5.82 Å². The van der Waals surface area contributed by atoms with Crippen LogP contribution in [-0.4, -0.2) is 17.1 Å². The zero-order chi connectivity index (χ0) is 13.8. The average Bonchev–Trinajstić information content (AvgIpc) is 2.41. The van der Waals surface area contributed by atoms with Crippen molar-refractivity contribution in [3.05, 3.63) is 41.2 Å². The van der Waals surface area contributed by atoms with E-state index < -0.39 is 0 Å². The number of ether oxygens (including phenoxy) is 2. The third kappa shape index (κ3) is 3.13. The minimum atomic E-state index is 0.411. The SMILES string of the molecule is COc1cccc(COc2nc(C)nc(N)c2C)c1. The van der Waals surface area contributed by atoms with E-state index in [2.05, 4.69) is 9.97 Å². The summed E-state index contributed by atoms with van der Waals surface area (Å²) in [4.78, 5) is 8.33. The van der Waals surface area contributed by atoms with Gasteiger partial charge >= 0.3 is 0 Å². The lowest BCUT2D eigenvalue weighted by molar-refractivity contribution is 0.289. The number of nitrogen functional groups attached to an aromatic ring is 1. The van der Waals surface area contributed by atoms with Crippen LogP contribution in [0.1, 0.15) is 17.0 Å². The zero-order valence-electron chi connectivity index (χ0n) is 11.3. The lowest BCUT2D eigenvalue weighted by Gasteiger charge is -2.10. The number of nitrogens with zero attached hydrogens (tertiary/aromatic N) is 2. The van der Waals surface area contributed by atoms with Gasteiger partial charge in [-0.05, 0) is 31.5 Å². The van der Waals surface area contributed by atoms with Crippen LogP contribution in [0, 0.1) is 13.8 Å². The summed E-state index contributed by atoms with van der Waals surface area (Å²) in [6, 6.07) is 7.70. The number of aromatic nitrogens is 2. The van der Waals surface area contributed by atoms with Crippen molar-refractivity contribution in [3.8, 4) is 11.6 Å². The Morgan fingerprint density at radius 1 is 1.21 bits per heavy atom. The number of aryl methyl sites for hydroxylation is 1. The molecule has 0 saturated carbocycles. The van der Waals surface area contributed by atoms with Gasteiger partial charge in [-0.1, -0.05) is 12.1 Å². The Morgan fingerprint density at radius 2 is 2.00 bits per heavy atom. The highest BCUT2D eigenvalue weighted by atomic mass is 16.5. The summed E-state index contributed by atoms with van der Waals surface area (Å²) < 4.78 is 10.9. The number of hydrogen-bond donors (Lipinski definition) is 1. The fourth-order valence-corrected chi connectivity index (χ4v) is 1.68. The highest BCUT2D eigenvalue weighted by molar-refractivity contribution is 5.44. The number of hydrogen-bond acceptors (Lipinski definition) is 5. The van der Waals surface area contributed by atoms with Crippen molar-refractivity contribution in [3.63, 3.8) is 0 Å². The quantitative estimate of drug-likeness (QED) is 0.912. The summed E-state index contributed by atoms with van der Waals surface area (Å²) >= 11 is 0. The maximum atomic E-state index is 5.78. The van der Waals surface area contributed by atoms with Crippen molar-refractivity contribution in [2.24, 2.45) is 0 Å². The first kappa shape index (κ1) is 13.1. The van der Waals surface area contributed by atoms with Crippen LogP contribution in [0.2, 0.25) is 0 Å². The Bertz CT molecular complexity index is 585. The van der Waals surface area contributed by atoms with E-state index in [0.717, 1.165) is 16.9 Å². The van der Waals surface area contributed by atoms with Crippen LogP contribution in [-0.2, 0) is 6.61 Å². The Kier molecular flexibility index (Phi) is 3.85. The highest BCUT2D eigenvalue weighted by Crippen LogP contribution is 2.21. The second-order valence-corrected chi connectivity index (χ2v) is 4.23. The van der Waals surface area contributed by atoms with Crippen LogP contribution in [0.3, 0.4) is 0 Å².